The first-order valence-corrected chi connectivity index (χ1v) is 35.6. The fourth-order valence-electron chi connectivity index (χ4n) is 9.11. The maximum atomic E-state index is 14.6. The van der Waals surface area contributed by atoms with Crippen molar-refractivity contribution in [2.24, 2.45) is 45.7 Å². The first kappa shape index (κ1) is 87.0. The Balaban J connectivity index is 0.00000230. The molecule has 0 spiro atoms. The van der Waals surface area contributed by atoms with Crippen molar-refractivity contribution in [1.29, 1.82) is 0 Å². The zero-order valence-corrected chi connectivity index (χ0v) is 59.3. The summed E-state index contributed by atoms with van der Waals surface area (Å²) in [6.07, 6.45) is 0.674. The molecule has 95 heavy (non-hydrogen) atoms. The van der Waals surface area contributed by atoms with E-state index in [2.05, 4.69) is 31.6 Å². The van der Waals surface area contributed by atoms with Crippen LogP contribution < -0.4 is 49.5 Å². The highest BCUT2D eigenvalue weighted by Gasteiger charge is 2.36. The fraction of sp³-hybridized carbons (Fsp3) is 0.708. The second-order valence-corrected chi connectivity index (χ2v) is 29.5. The lowest BCUT2D eigenvalue weighted by atomic mass is 9.90. The number of amides is 6. The Kier molecular flexibility index (Phi) is 45.3. The van der Waals surface area contributed by atoms with Crippen LogP contribution in [-0.2, 0) is 82.9 Å². The number of thioether (sulfide) groups is 3. The van der Waals surface area contributed by atoms with Crippen LogP contribution in [0.2, 0.25) is 0 Å². The maximum Gasteiger partial charge on any atom is 0.304 e. The summed E-state index contributed by atoms with van der Waals surface area (Å²) in [5, 5.41) is 23.7. The van der Waals surface area contributed by atoms with E-state index in [9.17, 15) is 62.6 Å². The minimum atomic E-state index is -1.48. The van der Waals surface area contributed by atoms with E-state index in [0.717, 1.165) is 11.8 Å². The maximum absolute atomic E-state index is 14.6. The smallest absolute Gasteiger partial charge is 0.304 e. The van der Waals surface area contributed by atoms with Crippen LogP contribution >= 0.6 is 35.3 Å². The molecule has 538 valence electrons. The number of guanidine groups is 1. The van der Waals surface area contributed by atoms with Crippen LogP contribution in [0.1, 0.15) is 144 Å². The standard InChI is InChI=1S/C54H87N9O12S3.C11H21NO5/c1-8-75-23-15-20-43(65)40-30-76-33-46(68)60-39(19-12-13-21-55)51(74)63-42(32-78-54(5,6)7)44(66)26-35(18-14-22-58-52(56)57)48(71)59-29-38(64)25-37(28-47(69)70)50(73)62-41(31-77-53(2,3)4)45(67)27-36(49(72)61-40)24-34-16-10-9-11-17-34;1-2-15-6-7-16-5-3-4-10(13)8-17-9-11(12)14/h9-11,16-17,35-37,39-42H,8,12-15,18-33,55H2,1-7H3,(H,59,71)(H,60,68)(H,61,72)(H,62,73)(H,63,74)(H,69,70)(H4,56,57,58);2-9H2,1H3,(H2,12,14)/t35-,36-,37+,39+,40+,41+,42+;/m1./s1. The van der Waals surface area contributed by atoms with Crippen LogP contribution in [0.4, 0.5) is 0 Å². The summed E-state index contributed by atoms with van der Waals surface area (Å²) < 4.78 is 19.8. The van der Waals surface area contributed by atoms with Gasteiger partial charge in [0, 0.05) is 104 Å². The van der Waals surface area contributed by atoms with Crippen LogP contribution in [0.25, 0.3) is 0 Å². The molecule has 0 bridgehead atoms. The normalized spacial score (nSPS) is 20.5. The number of carbonyl (C=O) groups excluding carboxylic acids is 11. The molecule has 6 amide bonds. The number of ketones is 5. The molecule has 14 N–H and O–H groups in total. The number of nitrogens with zero attached hydrogens (tertiary/aromatic N) is 1. The number of aliphatic carboxylic acids is 1. The van der Waals surface area contributed by atoms with E-state index in [4.69, 9.17) is 41.9 Å². The van der Waals surface area contributed by atoms with Crippen molar-refractivity contribution in [3.05, 3.63) is 35.9 Å². The van der Waals surface area contributed by atoms with Gasteiger partial charge in [-0.3, -0.25) is 62.5 Å². The molecule has 1 aliphatic heterocycles. The van der Waals surface area contributed by atoms with Gasteiger partial charge in [-0.2, -0.15) is 23.5 Å². The molecule has 27 nitrogen and oxygen atoms in total. The summed E-state index contributed by atoms with van der Waals surface area (Å²) in [4.78, 5) is 165. The number of nitrogens with two attached hydrogens (primary N) is 4. The van der Waals surface area contributed by atoms with Crippen molar-refractivity contribution in [2.45, 2.75) is 179 Å². The minimum absolute atomic E-state index is 0.0191. The first-order valence-electron chi connectivity index (χ1n) is 32.4. The minimum Gasteiger partial charge on any atom is -0.481 e. The van der Waals surface area contributed by atoms with Gasteiger partial charge in [-0.25, -0.2) is 0 Å². The van der Waals surface area contributed by atoms with Crippen molar-refractivity contribution in [3.63, 3.8) is 0 Å². The molecule has 0 aliphatic carbocycles. The van der Waals surface area contributed by atoms with Gasteiger partial charge >= 0.3 is 5.97 Å². The number of rotatable bonds is 34. The van der Waals surface area contributed by atoms with E-state index in [1.165, 1.54) is 23.5 Å². The number of nitrogens with one attached hydrogen (secondary N) is 5. The Hall–Kier alpha value is -6.02. The van der Waals surface area contributed by atoms with E-state index in [-0.39, 0.29) is 104 Å². The van der Waals surface area contributed by atoms with Gasteiger partial charge in [0.2, 0.25) is 35.4 Å². The Bertz CT molecular complexity index is 2590. The molecule has 30 heteroatoms. The molecular weight excluding hydrogens is 1290 g/mol. The van der Waals surface area contributed by atoms with Gasteiger partial charge in [-0.05, 0) is 77.3 Å². The molecule has 1 aromatic rings. The lowest BCUT2D eigenvalue weighted by Crippen LogP contribution is -2.53. The molecular formula is C65H108N10O17S3. The predicted molar refractivity (Wildman–Crippen MR) is 369 cm³/mol. The van der Waals surface area contributed by atoms with E-state index in [1.54, 1.807) is 30.3 Å². The number of Topliss-reactive ketones (excluding diaryl/α,β-unsaturated/α-hetero) is 5. The number of ether oxygens (including phenoxy) is 4. The molecule has 1 saturated heterocycles. The molecule has 7 atom stereocenters. The summed E-state index contributed by atoms with van der Waals surface area (Å²) in [7, 11) is 0. The highest BCUT2D eigenvalue weighted by molar-refractivity contribution is 8.01. The summed E-state index contributed by atoms with van der Waals surface area (Å²) in [6, 6.07) is 4.28. The molecule has 0 radical (unpaired) electrons. The largest absolute Gasteiger partial charge is 0.481 e. The molecule has 2 rings (SSSR count). The first-order chi connectivity index (χ1) is 44.9. The summed E-state index contributed by atoms with van der Waals surface area (Å²) in [5.74, 6) is -11.6. The molecule has 0 saturated carbocycles. The average Bonchev–Trinajstić information content (AvgIpc) is 0.922. The number of carboxylic acids is 1. The molecule has 0 aromatic heterocycles. The van der Waals surface area contributed by atoms with Crippen molar-refractivity contribution in [2.75, 3.05) is 95.5 Å². The zero-order valence-electron chi connectivity index (χ0n) is 56.9. The Labute approximate surface area is 573 Å². The third-order valence-corrected chi connectivity index (χ3v) is 17.8. The van der Waals surface area contributed by atoms with Crippen LogP contribution in [0.15, 0.2) is 35.3 Å². The van der Waals surface area contributed by atoms with Crippen LogP contribution in [0, 0.1) is 17.8 Å². The molecule has 1 aromatic carbocycles. The van der Waals surface area contributed by atoms with Gasteiger partial charge in [0.1, 0.15) is 19.3 Å². The Morgan fingerprint density at radius 3 is 1.80 bits per heavy atom. The van der Waals surface area contributed by atoms with Crippen LogP contribution in [0.5, 0.6) is 0 Å². The summed E-state index contributed by atoms with van der Waals surface area (Å²) >= 11 is 3.79. The summed E-state index contributed by atoms with van der Waals surface area (Å²) in [5.41, 5.74) is 22.4. The van der Waals surface area contributed by atoms with Gasteiger partial charge in [-0.1, -0.05) is 71.9 Å². The van der Waals surface area contributed by atoms with E-state index in [0.29, 0.717) is 77.2 Å². The van der Waals surface area contributed by atoms with Crippen molar-refractivity contribution >= 4 is 112 Å². The third kappa shape index (κ3) is 43.7. The number of benzene rings is 1. The van der Waals surface area contributed by atoms with Gasteiger partial charge < -0.3 is 73.6 Å². The third-order valence-electron chi connectivity index (χ3n) is 14.0. The van der Waals surface area contributed by atoms with E-state index >= 15 is 0 Å². The number of carbonyl (C=O) groups is 12. The Morgan fingerprint density at radius 1 is 0.632 bits per heavy atom. The lowest BCUT2D eigenvalue weighted by Gasteiger charge is -2.27. The average molecular weight is 1400 g/mol. The molecule has 1 fully saturated rings. The number of hydrogen-bond donors (Lipinski definition) is 10. The van der Waals surface area contributed by atoms with E-state index in [1.807, 2.05) is 55.4 Å². The number of aliphatic imine (C=N–C) groups is 1. The number of hydrogen-bond acceptors (Lipinski definition) is 21. The molecule has 0 unspecified atom stereocenters. The number of carboxylic acid groups (broad SMARTS) is 1. The van der Waals surface area contributed by atoms with E-state index < -0.39 is 138 Å². The lowest BCUT2D eigenvalue weighted by molar-refractivity contribution is -0.142. The molecule has 1 aliphatic rings. The van der Waals surface area contributed by atoms with Gasteiger partial charge in [-0.15, -0.1) is 11.8 Å². The van der Waals surface area contributed by atoms with Crippen LogP contribution in [-0.4, -0.2) is 211 Å². The highest BCUT2D eigenvalue weighted by atomic mass is 32.2. The van der Waals surface area contributed by atoms with Crippen molar-refractivity contribution in [3.8, 4) is 0 Å². The van der Waals surface area contributed by atoms with Crippen LogP contribution in [0.3, 0.4) is 0 Å². The number of primary amides is 1. The fourth-order valence-corrected chi connectivity index (χ4v) is 11.9. The Morgan fingerprint density at radius 2 is 1.21 bits per heavy atom. The quantitative estimate of drug-likeness (QED) is 0.0269. The van der Waals surface area contributed by atoms with Gasteiger partial charge in [0.25, 0.3) is 0 Å². The second-order valence-electron chi connectivity index (χ2n) is 24.8. The van der Waals surface area contributed by atoms with Crippen molar-refractivity contribution < 1.29 is 81.6 Å². The monoisotopic (exact) mass is 1400 g/mol. The second kappa shape index (κ2) is 49.5. The number of unbranched alkanes of at least 4 members (excludes halogenated alkanes) is 1. The van der Waals surface area contributed by atoms with Gasteiger partial charge in [0.15, 0.2) is 34.9 Å². The SMILES string of the molecule is CCOCCCC(=O)[C@@H]1CSCC(=O)N[C@@H](CCCCN)C(=O)N[C@@H](CSC(C)(C)C)C(=O)C[C@@H](CCCN=C(N)N)C(=O)NCC(=O)C[C@@H](CC(=O)O)C(=O)N[C@@H](CSC(C)(C)C)C(=O)C[C@@H](Cc2ccccc2)C(=O)N1.CCOCCOCCCC(=O)COCC(N)=O. The summed E-state index contributed by atoms with van der Waals surface area (Å²) in [6.45, 7) is 17.8. The topological polar surface area (TPSA) is 439 Å². The highest BCUT2D eigenvalue weighted by Crippen LogP contribution is 2.27. The molecule has 1 heterocycles. The zero-order chi connectivity index (χ0) is 71.4. The van der Waals surface area contributed by atoms with Crippen molar-refractivity contribution in [1.82, 2.24) is 26.6 Å². The predicted octanol–water partition coefficient (Wildman–Crippen LogP) is 2.75. The van der Waals surface area contributed by atoms with Gasteiger partial charge in [0.05, 0.1) is 56.0 Å².